The molecule has 0 aliphatic heterocycles. The third-order valence-electron chi connectivity index (χ3n) is 5.29. The lowest BCUT2D eigenvalue weighted by atomic mass is 10.2. The monoisotopic (exact) mass is 411 g/mol. The van der Waals surface area contributed by atoms with Crippen molar-refractivity contribution < 1.29 is 12.8 Å². The van der Waals surface area contributed by atoms with Crippen LogP contribution in [-0.4, -0.2) is 41.2 Å². The van der Waals surface area contributed by atoms with Crippen LogP contribution in [0.15, 0.2) is 41.3 Å². The third-order valence-corrected chi connectivity index (χ3v) is 11.7. The van der Waals surface area contributed by atoms with Crippen LogP contribution >= 0.6 is 0 Å². The van der Waals surface area contributed by atoms with Crippen molar-refractivity contribution in [2.75, 3.05) is 20.2 Å². The van der Waals surface area contributed by atoms with E-state index in [2.05, 4.69) is 46.0 Å². The summed E-state index contributed by atoms with van der Waals surface area (Å²) < 4.78 is 32.6. The predicted octanol–water partition coefficient (Wildman–Crippen LogP) is 5.36. The third kappa shape index (κ3) is 7.53. The summed E-state index contributed by atoms with van der Waals surface area (Å²) in [5, 5.41) is 0.240. The van der Waals surface area contributed by atoms with E-state index in [0.717, 1.165) is 31.4 Å². The Morgan fingerprint density at radius 3 is 2.19 bits per heavy atom. The van der Waals surface area contributed by atoms with Crippen LogP contribution in [0.2, 0.25) is 18.1 Å². The molecule has 0 amide bonds. The van der Waals surface area contributed by atoms with E-state index in [9.17, 15) is 8.42 Å². The van der Waals surface area contributed by atoms with Gasteiger partial charge < -0.3 is 4.43 Å². The molecule has 0 spiro atoms. The van der Waals surface area contributed by atoms with E-state index < -0.39 is 18.3 Å². The second-order valence-corrected chi connectivity index (χ2v) is 15.5. The Balaban J connectivity index is 2.33. The molecule has 0 atom stereocenters. The van der Waals surface area contributed by atoms with Crippen LogP contribution in [0.1, 0.15) is 45.6 Å². The van der Waals surface area contributed by atoms with Crippen molar-refractivity contribution in [1.29, 1.82) is 0 Å². The molecule has 0 unspecified atom stereocenters. The minimum Gasteiger partial charge on any atom is -0.417 e. The molecule has 27 heavy (non-hydrogen) atoms. The molecule has 1 aromatic carbocycles. The van der Waals surface area contributed by atoms with Crippen molar-refractivity contribution in [1.82, 2.24) is 4.31 Å². The normalized spacial score (nSPS) is 13.6. The lowest BCUT2D eigenvalue weighted by Gasteiger charge is -2.36. The van der Waals surface area contributed by atoms with E-state index in [-0.39, 0.29) is 5.04 Å². The molecular formula is C21H37NO3SSi. The number of nitrogens with zero attached hydrogens (tertiary/aromatic N) is 1. The smallest absolute Gasteiger partial charge is 0.242 e. The fourth-order valence-electron chi connectivity index (χ4n) is 2.28. The molecule has 6 heteroatoms. The molecule has 0 fully saturated rings. The summed E-state index contributed by atoms with van der Waals surface area (Å²) in [6.45, 7) is 14.5. The number of benzene rings is 1. The molecule has 0 bridgehead atoms. The van der Waals surface area contributed by atoms with Crippen molar-refractivity contribution in [3.63, 3.8) is 0 Å². The van der Waals surface area contributed by atoms with E-state index in [4.69, 9.17) is 4.43 Å². The standard InChI is InChI=1S/C21H37NO3SSi/c1-19-13-15-20(16-14-19)26(23,24)22(5)17-11-9-8-10-12-18-25-27(6,7)21(2,3)4/h8,10,13-16H,9,11-12,17-18H2,1-7H3/b10-8+. The SMILES string of the molecule is Cc1ccc(S(=O)(=O)N(C)CCC/C=C/CCO[Si](C)(C)C(C)(C)C)cc1. The summed E-state index contributed by atoms with van der Waals surface area (Å²) in [5.74, 6) is 0. The zero-order valence-corrected chi connectivity index (χ0v) is 19.9. The summed E-state index contributed by atoms with van der Waals surface area (Å²) in [6.07, 6.45) is 6.85. The Kier molecular flexibility index (Phi) is 8.93. The van der Waals surface area contributed by atoms with Crippen molar-refractivity contribution in [3.8, 4) is 0 Å². The van der Waals surface area contributed by atoms with Gasteiger partial charge in [0.2, 0.25) is 10.0 Å². The number of aryl methyl sites for hydroxylation is 1. The maximum atomic E-state index is 12.5. The summed E-state index contributed by atoms with van der Waals surface area (Å²) in [4.78, 5) is 0.355. The summed E-state index contributed by atoms with van der Waals surface area (Å²) in [6, 6.07) is 7.00. The molecule has 0 heterocycles. The Labute approximate surface area is 167 Å². The quantitative estimate of drug-likeness (QED) is 0.296. The van der Waals surface area contributed by atoms with Crippen LogP contribution in [-0.2, 0) is 14.4 Å². The number of sulfonamides is 1. The zero-order valence-electron chi connectivity index (χ0n) is 18.1. The fourth-order valence-corrected chi connectivity index (χ4v) is 4.55. The summed E-state index contributed by atoms with van der Waals surface area (Å²) in [7, 11) is -3.41. The van der Waals surface area contributed by atoms with E-state index in [0.29, 0.717) is 11.4 Å². The van der Waals surface area contributed by atoms with Gasteiger partial charge in [-0.3, -0.25) is 0 Å². The molecule has 154 valence electrons. The molecular weight excluding hydrogens is 374 g/mol. The largest absolute Gasteiger partial charge is 0.417 e. The van der Waals surface area contributed by atoms with Gasteiger partial charge in [0, 0.05) is 20.2 Å². The van der Waals surface area contributed by atoms with Gasteiger partial charge in [0.1, 0.15) is 0 Å². The average molecular weight is 412 g/mol. The first-order valence-corrected chi connectivity index (χ1v) is 14.0. The van der Waals surface area contributed by atoms with E-state index in [1.165, 1.54) is 4.31 Å². The highest BCUT2D eigenvalue weighted by molar-refractivity contribution is 7.89. The molecule has 0 aliphatic carbocycles. The molecule has 0 radical (unpaired) electrons. The van der Waals surface area contributed by atoms with E-state index in [1.54, 1.807) is 19.2 Å². The van der Waals surface area contributed by atoms with Crippen molar-refractivity contribution in [2.24, 2.45) is 0 Å². The highest BCUT2D eigenvalue weighted by Crippen LogP contribution is 2.36. The van der Waals surface area contributed by atoms with E-state index in [1.807, 2.05) is 19.1 Å². The maximum absolute atomic E-state index is 12.5. The highest BCUT2D eigenvalue weighted by Gasteiger charge is 2.36. The number of unbranched alkanes of at least 4 members (excludes halogenated alkanes) is 1. The van der Waals surface area contributed by atoms with E-state index >= 15 is 0 Å². The first-order valence-electron chi connectivity index (χ1n) is 9.70. The van der Waals surface area contributed by atoms with Gasteiger partial charge in [0.25, 0.3) is 0 Å². The molecule has 0 N–H and O–H groups in total. The zero-order chi connectivity index (χ0) is 20.7. The van der Waals surface area contributed by atoms with Crippen LogP contribution in [0.25, 0.3) is 0 Å². The molecule has 0 aliphatic rings. The minimum atomic E-state index is -3.39. The van der Waals surface area contributed by atoms with Crippen LogP contribution in [0.5, 0.6) is 0 Å². The molecule has 0 aromatic heterocycles. The van der Waals surface area contributed by atoms with Crippen LogP contribution in [0.3, 0.4) is 0 Å². The molecule has 0 saturated carbocycles. The Hall–Kier alpha value is -0.953. The van der Waals surface area contributed by atoms with Gasteiger partial charge in [-0.2, -0.15) is 0 Å². The predicted molar refractivity (Wildman–Crippen MR) is 117 cm³/mol. The van der Waals surface area contributed by atoms with Crippen molar-refractivity contribution in [2.45, 2.75) is 70.0 Å². The molecule has 1 rings (SSSR count). The lowest BCUT2D eigenvalue weighted by molar-refractivity contribution is 0.294. The molecule has 1 aromatic rings. The van der Waals surface area contributed by atoms with Gasteiger partial charge in [-0.05, 0) is 56.5 Å². The van der Waals surface area contributed by atoms with Gasteiger partial charge in [-0.25, -0.2) is 12.7 Å². The second kappa shape index (κ2) is 10.0. The topological polar surface area (TPSA) is 46.6 Å². The number of hydrogen-bond acceptors (Lipinski definition) is 3. The summed E-state index contributed by atoms with van der Waals surface area (Å²) >= 11 is 0. The maximum Gasteiger partial charge on any atom is 0.242 e. The molecule has 4 nitrogen and oxygen atoms in total. The first kappa shape index (κ1) is 24.1. The van der Waals surface area contributed by atoms with Gasteiger partial charge in [0.15, 0.2) is 8.32 Å². The van der Waals surface area contributed by atoms with Crippen LogP contribution in [0, 0.1) is 6.92 Å². The second-order valence-electron chi connectivity index (χ2n) is 8.65. The summed E-state index contributed by atoms with van der Waals surface area (Å²) in [5.41, 5.74) is 1.05. The minimum absolute atomic E-state index is 0.240. The number of hydrogen-bond donors (Lipinski definition) is 0. The van der Waals surface area contributed by atoms with Gasteiger partial charge in [0.05, 0.1) is 4.90 Å². The van der Waals surface area contributed by atoms with Gasteiger partial charge >= 0.3 is 0 Å². The highest BCUT2D eigenvalue weighted by atomic mass is 32.2. The average Bonchev–Trinajstić information content (AvgIpc) is 2.56. The lowest BCUT2D eigenvalue weighted by Crippen LogP contribution is -2.40. The van der Waals surface area contributed by atoms with Crippen LogP contribution < -0.4 is 0 Å². The fraction of sp³-hybridized carbons (Fsp3) is 0.619. The molecule has 0 saturated heterocycles. The van der Waals surface area contributed by atoms with Crippen molar-refractivity contribution in [3.05, 3.63) is 42.0 Å². The Morgan fingerprint density at radius 1 is 1.07 bits per heavy atom. The Morgan fingerprint density at radius 2 is 1.63 bits per heavy atom. The number of rotatable bonds is 10. The van der Waals surface area contributed by atoms with Gasteiger partial charge in [-0.15, -0.1) is 0 Å². The van der Waals surface area contributed by atoms with Crippen LogP contribution in [0.4, 0.5) is 0 Å². The number of allylic oxidation sites excluding steroid dienone is 1. The van der Waals surface area contributed by atoms with Crippen molar-refractivity contribution >= 4 is 18.3 Å². The van der Waals surface area contributed by atoms with Gasteiger partial charge in [-0.1, -0.05) is 50.6 Å². The Bertz CT molecular complexity index is 704. The first-order chi connectivity index (χ1) is 12.4.